The number of rotatable bonds is 0. The van der Waals surface area contributed by atoms with Crippen molar-refractivity contribution in [3.63, 3.8) is 0 Å². The van der Waals surface area contributed by atoms with E-state index >= 15 is 0 Å². The van der Waals surface area contributed by atoms with E-state index in [1.54, 1.807) is 0 Å². The third-order valence-corrected chi connectivity index (χ3v) is 3.06. The standard InChI is InChI=1S/C12H24O/c1-11(2,3)9-7-8-13-10(9)12(4,5)6/h9-10H,7-8H2,1-6H3. The zero-order valence-electron chi connectivity index (χ0n) is 9.98. The predicted octanol–water partition coefficient (Wildman–Crippen LogP) is 3.48. The molecule has 0 aromatic carbocycles. The second-order valence-electron chi connectivity index (χ2n) is 6.42. The normalized spacial score (nSPS) is 30.9. The Hall–Kier alpha value is -0.0400. The van der Waals surface area contributed by atoms with Crippen molar-refractivity contribution in [2.75, 3.05) is 6.61 Å². The summed E-state index contributed by atoms with van der Waals surface area (Å²) in [7, 11) is 0. The van der Waals surface area contributed by atoms with Crippen LogP contribution in [0, 0.1) is 16.7 Å². The number of ether oxygens (including phenoxy) is 1. The summed E-state index contributed by atoms with van der Waals surface area (Å²) in [5.41, 5.74) is 0.670. The summed E-state index contributed by atoms with van der Waals surface area (Å²) in [6, 6.07) is 0. The molecule has 0 N–H and O–H groups in total. The van der Waals surface area contributed by atoms with Crippen molar-refractivity contribution in [3.8, 4) is 0 Å². The molecule has 1 aliphatic heterocycles. The summed E-state index contributed by atoms with van der Waals surface area (Å²) < 4.78 is 5.86. The van der Waals surface area contributed by atoms with E-state index in [-0.39, 0.29) is 5.41 Å². The average molecular weight is 184 g/mol. The van der Waals surface area contributed by atoms with E-state index in [0.717, 1.165) is 6.61 Å². The van der Waals surface area contributed by atoms with Crippen LogP contribution in [0.4, 0.5) is 0 Å². The highest BCUT2D eigenvalue weighted by Gasteiger charge is 2.42. The molecule has 1 rings (SSSR count). The maximum absolute atomic E-state index is 5.86. The lowest BCUT2D eigenvalue weighted by atomic mass is 9.70. The van der Waals surface area contributed by atoms with E-state index in [9.17, 15) is 0 Å². The molecule has 0 spiro atoms. The second kappa shape index (κ2) is 3.27. The molecule has 2 atom stereocenters. The molecule has 1 saturated heterocycles. The van der Waals surface area contributed by atoms with Gasteiger partial charge in [-0.1, -0.05) is 41.5 Å². The van der Waals surface area contributed by atoms with Crippen LogP contribution in [-0.2, 0) is 4.74 Å². The molecule has 0 amide bonds. The van der Waals surface area contributed by atoms with Gasteiger partial charge in [0.1, 0.15) is 0 Å². The van der Waals surface area contributed by atoms with Gasteiger partial charge in [0, 0.05) is 6.61 Å². The fourth-order valence-electron chi connectivity index (χ4n) is 2.33. The first-order valence-electron chi connectivity index (χ1n) is 5.34. The van der Waals surface area contributed by atoms with Crippen LogP contribution in [0.1, 0.15) is 48.0 Å². The first-order chi connectivity index (χ1) is 5.73. The van der Waals surface area contributed by atoms with Gasteiger partial charge in [-0.2, -0.15) is 0 Å². The quantitative estimate of drug-likeness (QED) is 0.560. The highest BCUT2D eigenvalue weighted by atomic mass is 16.5. The van der Waals surface area contributed by atoms with Gasteiger partial charge in [0.05, 0.1) is 6.10 Å². The Morgan fingerprint density at radius 1 is 0.923 bits per heavy atom. The molecule has 78 valence electrons. The Balaban J connectivity index is 2.76. The summed E-state index contributed by atoms with van der Waals surface area (Å²) in [5, 5.41) is 0. The van der Waals surface area contributed by atoms with Gasteiger partial charge in [-0.3, -0.25) is 0 Å². The molecular formula is C12H24O. The van der Waals surface area contributed by atoms with Gasteiger partial charge in [0.2, 0.25) is 0 Å². The maximum Gasteiger partial charge on any atom is 0.0657 e. The Kier molecular flexibility index (Phi) is 2.78. The summed E-state index contributed by atoms with van der Waals surface area (Å²) in [4.78, 5) is 0. The first kappa shape index (κ1) is 11.0. The monoisotopic (exact) mass is 184 g/mol. The fourth-order valence-corrected chi connectivity index (χ4v) is 2.33. The molecule has 0 radical (unpaired) electrons. The van der Waals surface area contributed by atoms with Crippen molar-refractivity contribution in [2.45, 2.75) is 54.1 Å². The molecule has 1 heterocycles. The summed E-state index contributed by atoms with van der Waals surface area (Å²) in [6.45, 7) is 14.8. The van der Waals surface area contributed by atoms with Crippen LogP contribution >= 0.6 is 0 Å². The molecule has 1 heteroatoms. The minimum absolute atomic E-state index is 0.286. The van der Waals surface area contributed by atoms with Crippen molar-refractivity contribution in [1.29, 1.82) is 0 Å². The predicted molar refractivity (Wildman–Crippen MR) is 56.8 cm³/mol. The fraction of sp³-hybridized carbons (Fsp3) is 1.00. The summed E-state index contributed by atoms with van der Waals surface area (Å²) in [6.07, 6.45) is 1.67. The molecule has 0 aromatic heterocycles. The average Bonchev–Trinajstić information content (AvgIpc) is 2.27. The van der Waals surface area contributed by atoms with Crippen LogP contribution in [-0.4, -0.2) is 12.7 Å². The molecule has 0 aliphatic carbocycles. The summed E-state index contributed by atoms with van der Waals surface area (Å²) in [5.74, 6) is 0.715. The molecule has 0 saturated carbocycles. The highest BCUT2D eigenvalue weighted by Crippen LogP contribution is 2.43. The number of hydrogen-bond donors (Lipinski definition) is 0. The van der Waals surface area contributed by atoms with Gasteiger partial charge in [0.15, 0.2) is 0 Å². The lowest BCUT2D eigenvalue weighted by molar-refractivity contribution is -0.0179. The van der Waals surface area contributed by atoms with Gasteiger partial charge in [-0.15, -0.1) is 0 Å². The van der Waals surface area contributed by atoms with Crippen LogP contribution in [0.3, 0.4) is 0 Å². The van der Waals surface area contributed by atoms with Gasteiger partial charge >= 0.3 is 0 Å². The minimum Gasteiger partial charge on any atom is -0.377 e. The molecule has 0 bridgehead atoms. The van der Waals surface area contributed by atoms with E-state index < -0.39 is 0 Å². The van der Waals surface area contributed by atoms with Crippen molar-refractivity contribution >= 4 is 0 Å². The number of hydrogen-bond acceptors (Lipinski definition) is 1. The van der Waals surface area contributed by atoms with Gasteiger partial charge < -0.3 is 4.74 Å². The van der Waals surface area contributed by atoms with Crippen LogP contribution in [0.15, 0.2) is 0 Å². The molecule has 1 fully saturated rings. The van der Waals surface area contributed by atoms with E-state index in [0.29, 0.717) is 17.4 Å². The lowest BCUT2D eigenvalue weighted by Crippen LogP contribution is -2.37. The van der Waals surface area contributed by atoms with Crippen LogP contribution in [0.25, 0.3) is 0 Å². The Morgan fingerprint density at radius 2 is 1.46 bits per heavy atom. The largest absolute Gasteiger partial charge is 0.377 e. The molecule has 1 nitrogen and oxygen atoms in total. The zero-order valence-corrected chi connectivity index (χ0v) is 9.98. The third kappa shape index (κ3) is 2.46. The first-order valence-corrected chi connectivity index (χ1v) is 5.34. The topological polar surface area (TPSA) is 9.23 Å². The molecular weight excluding hydrogens is 160 g/mol. The van der Waals surface area contributed by atoms with Gasteiger partial charge in [-0.05, 0) is 23.2 Å². The molecule has 0 aromatic rings. The zero-order chi connectivity index (χ0) is 10.3. The smallest absolute Gasteiger partial charge is 0.0657 e. The maximum atomic E-state index is 5.86. The van der Waals surface area contributed by atoms with Crippen LogP contribution < -0.4 is 0 Å². The van der Waals surface area contributed by atoms with E-state index in [4.69, 9.17) is 4.74 Å². The molecule has 13 heavy (non-hydrogen) atoms. The summed E-state index contributed by atoms with van der Waals surface area (Å²) >= 11 is 0. The minimum atomic E-state index is 0.286. The van der Waals surface area contributed by atoms with Gasteiger partial charge in [-0.25, -0.2) is 0 Å². The van der Waals surface area contributed by atoms with Crippen molar-refractivity contribution in [1.82, 2.24) is 0 Å². The van der Waals surface area contributed by atoms with Crippen LogP contribution in [0.2, 0.25) is 0 Å². The van der Waals surface area contributed by atoms with E-state index in [2.05, 4.69) is 41.5 Å². The van der Waals surface area contributed by atoms with E-state index in [1.807, 2.05) is 0 Å². The lowest BCUT2D eigenvalue weighted by Gasteiger charge is -2.38. The Bertz CT molecular complexity index is 151. The van der Waals surface area contributed by atoms with Crippen molar-refractivity contribution < 1.29 is 4.74 Å². The van der Waals surface area contributed by atoms with Crippen molar-refractivity contribution in [2.24, 2.45) is 16.7 Å². The second-order valence-corrected chi connectivity index (χ2v) is 6.42. The Labute approximate surface area is 82.9 Å². The molecule has 2 unspecified atom stereocenters. The Morgan fingerprint density at radius 3 is 1.77 bits per heavy atom. The van der Waals surface area contributed by atoms with Crippen LogP contribution in [0.5, 0.6) is 0 Å². The van der Waals surface area contributed by atoms with Gasteiger partial charge in [0.25, 0.3) is 0 Å². The molecule has 1 aliphatic rings. The SMILES string of the molecule is CC(C)(C)C1CCOC1C(C)(C)C. The highest BCUT2D eigenvalue weighted by molar-refractivity contribution is 4.91. The van der Waals surface area contributed by atoms with Crippen molar-refractivity contribution in [3.05, 3.63) is 0 Å². The van der Waals surface area contributed by atoms with E-state index in [1.165, 1.54) is 6.42 Å². The third-order valence-electron chi connectivity index (χ3n) is 3.06.